The van der Waals surface area contributed by atoms with Crippen LogP contribution in [0.25, 0.3) is 10.9 Å². The lowest BCUT2D eigenvalue weighted by Gasteiger charge is -2.10. The van der Waals surface area contributed by atoms with Gasteiger partial charge in [0.15, 0.2) is 5.43 Å². The molecule has 0 saturated carbocycles. The third kappa shape index (κ3) is 2.17. The molecule has 0 aliphatic carbocycles. The summed E-state index contributed by atoms with van der Waals surface area (Å²) >= 11 is 0. The summed E-state index contributed by atoms with van der Waals surface area (Å²) < 4.78 is 0. The number of fused-ring (bicyclic) bond motifs is 1. The predicted octanol–water partition coefficient (Wildman–Crippen LogP) is 2.40. The fraction of sp³-hybridized carbons (Fsp3) is 0.0625. The molecule has 0 spiro atoms. The van der Waals surface area contributed by atoms with Crippen molar-refractivity contribution in [2.45, 2.75) is 6.42 Å². The number of hydrazine groups is 1. The zero-order valence-electron chi connectivity index (χ0n) is 10.9. The highest BCUT2D eigenvalue weighted by Gasteiger charge is 2.11. The maximum atomic E-state index is 12.6. The van der Waals surface area contributed by atoms with E-state index in [1.807, 2.05) is 54.6 Å². The molecule has 3 rings (SSSR count). The van der Waals surface area contributed by atoms with E-state index in [0.29, 0.717) is 23.2 Å². The molecule has 0 saturated heterocycles. The number of pyridine rings is 1. The summed E-state index contributed by atoms with van der Waals surface area (Å²) in [6, 6.07) is 17.3. The molecule has 4 N–H and O–H groups in total. The molecule has 4 nitrogen and oxygen atoms in total. The smallest absolute Gasteiger partial charge is 0.195 e. The maximum Gasteiger partial charge on any atom is 0.195 e. The van der Waals surface area contributed by atoms with Crippen molar-refractivity contribution in [3.8, 4) is 0 Å². The lowest BCUT2D eigenvalue weighted by Crippen LogP contribution is -2.19. The standard InChI is InChI=1S/C16H15N3O/c17-19-16-13(10-11-6-2-1-3-7-11)15(20)12-8-4-5-9-14(12)18-16/h1-9H,10,17H2,(H2,18,19,20). The van der Waals surface area contributed by atoms with Gasteiger partial charge in [0.25, 0.3) is 0 Å². The van der Waals surface area contributed by atoms with Crippen LogP contribution in [0, 0.1) is 0 Å². The van der Waals surface area contributed by atoms with Gasteiger partial charge < -0.3 is 10.4 Å². The normalized spacial score (nSPS) is 10.7. The summed E-state index contributed by atoms with van der Waals surface area (Å²) in [4.78, 5) is 15.8. The molecule has 2 aromatic carbocycles. The second kappa shape index (κ2) is 5.19. The lowest BCUT2D eigenvalue weighted by atomic mass is 10.0. The molecule has 0 atom stereocenters. The summed E-state index contributed by atoms with van der Waals surface area (Å²) in [5.41, 5.74) is 5.11. The summed E-state index contributed by atoms with van der Waals surface area (Å²) in [7, 11) is 0. The number of aromatic amines is 1. The fourth-order valence-corrected chi connectivity index (χ4v) is 2.37. The van der Waals surface area contributed by atoms with Crippen LogP contribution < -0.4 is 16.7 Å². The van der Waals surface area contributed by atoms with Crippen LogP contribution in [0.5, 0.6) is 0 Å². The third-order valence-electron chi connectivity index (χ3n) is 3.38. The molecule has 1 heterocycles. The molecule has 0 radical (unpaired) electrons. The van der Waals surface area contributed by atoms with Crippen LogP contribution in [0.2, 0.25) is 0 Å². The first-order valence-electron chi connectivity index (χ1n) is 6.44. The largest absolute Gasteiger partial charge is 0.340 e. The van der Waals surface area contributed by atoms with Crippen molar-refractivity contribution >= 4 is 16.7 Å². The molecule has 0 aliphatic heterocycles. The Bertz CT molecular complexity index is 794. The van der Waals surface area contributed by atoms with Crippen molar-refractivity contribution in [1.29, 1.82) is 0 Å². The van der Waals surface area contributed by atoms with E-state index in [9.17, 15) is 4.79 Å². The van der Waals surface area contributed by atoms with Crippen molar-refractivity contribution in [1.82, 2.24) is 4.98 Å². The Morgan fingerprint density at radius 3 is 2.45 bits per heavy atom. The average Bonchev–Trinajstić information content (AvgIpc) is 2.51. The molecular weight excluding hydrogens is 250 g/mol. The van der Waals surface area contributed by atoms with Gasteiger partial charge in [-0.1, -0.05) is 42.5 Å². The Kier molecular flexibility index (Phi) is 3.23. The van der Waals surface area contributed by atoms with Crippen molar-refractivity contribution in [2.24, 2.45) is 5.84 Å². The van der Waals surface area contributed by atoms with E-state index in [2.05, 4.69) is 10.4 Å². The summed E-state index contributed by atoms with van der Waals surface area (Å²) in [6.07, 6.45) is 0.542. The Balaban J connectivity index is 2.18. The van der Waals surface area contributed by atoms with Crippen molar-refractivity contribution in [3.05, 3.63) is 75.9 Å². The van der Waals surface area contributed by atoms with E-state index < -0.39 is 0 Å². The van der Waals surface area contributed by atoms with Crippen molar-refractivity contribution in [3.63, 3.8) is 0 Å². The Hall–Kier alpha value is -2.59. The number of benzene rings is 2. The number of rotatable bonds is 3. The number of nitrogens with one attached hydrogen (secondary N) is 2. The number of nitrogens with two attached hydrogens (primary N) is 1. The van der Waals surface area contributed by atoms with Crippen LogP contribution in [0.4, 0.5) is 5.82 Å². The van der Waals surface area contributed by atoms with Crippen LogP contribution in [0.15, 0.2) is 59.4 Å². The first kappa shape index (κ1) is 12.4. The highest BCUT2D eigenvalue weighted by atomic mass is 16.1. The van der Waals surface area contributed by atoms with Crippen LogP contribution >= 0.6 is 0 Å². The van der Waals surface area contributed by atoms with Gasteiger partial charge in [-0.3, -0.25) is 4.79 Å². The molecule has 0 unspecified atom stereocenters. The SMILES string of the molecule is NNc1[nH]c2ccccc2c(=O)c1Cc1ccccc1. The fourth-order valence-electron chi connectivity index (χ4n) is 2.37. The van der Waals surface area contributed by atoms with Gasteiger partial charge in [0.2, 0.25) is 0 Å². The Labute approximate surface area is 116 Å². The minimum atomic E-state index is 0.0103. The van der Waals surface area contributed by atoms with Crippen molar-refractivity contribution < 1.29 is 0 Å². The summed E-state index contributed by atoms with van der Waals surface area (Å²) in [6.45, 7) is 0. The number of anilines is 1. The summed E-state index contributed by atoms with van der Waals surface area (Å²) in [5, 5.41) is 0.678. The highest BCUT2D eigenvalue weighted by Crippen LogP contribution is 2.17. The minimum absolute atomic E-state index is 0.0103. The number of H-pyrrole nitrogens is 1. The van der Waals surface area contributed by atoms with Gasteiger partial charge in [-0.05, 0) is 17.7 Å². The quantitative estimate of drug-likeness (QED) is 0.503. The van der Waals surface area contributed by atoms with Crippen LogP contribution in [-0.2, 0) is 6.42 Å². The van der Waals surface area contributed by atoms with Crippen LogP contribution in [0.1, 0.15) is 11.1 Å². The topological polar surface area (TPSA) is 70.9 Å². The van der Waals surface area contributed by atoms with E-state index in [1.54, 1.807) is 0 Å². The number of hydrogen-bond acceptors (Lipinski definition) is 3. The molecular formula is C16H15N3O. The van der Waals surface area contributed by atoms with Gasteiger partial charge in [-0.25, -0.2) is 5.84 Å². The molecule has 0 fully saturated rings. The first-order chi connectivity index (χ1) is 9.79. The van der Waals surface area contributed by atoms with Gasteiger partial charge in [-0.2, -0.15) is 0 Å². The molecule has 20 heavy (non-hydrogen) atoms. The Morgan fingerprint density at radius 2 is 1.70 bits per heavy atom. The minimum Gasteiger partial charge on any atom is -0.340 e. The number of para-hydroxylation sites is 1. The van der Waals surface area contributed by atoms with Gasteiger partial charge in [-0.15, -0.1) is 0 Å². The van der Waals surface area contributed by atoms with E-state index >= 15 is 0 Å². The molecule has 4 heteroatoms. The van der Waals surface area contributed by atoms with Gasteiger partial charge >= 0.3 is 0 Å². The first-order valence-corrected chi connectivity index (χ1v) is 6.44. The molecule has 1 aromatic heterocycles. The highest BCUT2D eigenvalue weighted by molar-refractivity contribution is 5.81. The maximum absolute atomic E-state index is 12.6. The zero-order valence-corrected chi connectivity index (χ0v) is 10.9. The van der Waals surface area contributed by atoms with Gasteiger partial charge in [0, 0.05) is 17.4 Å². The van der Waals surface area contributed by atoms with E-state index in [0.717, 1.165) is 11.1 Å². The second-order valence-corrected chi connectivity index (χ2v) is 4.66. The van der Waals surface area contributed by atoms with Crippen molar-refractivity contribution in [2.75, 3.05) is 5.43 Å². The van der Waals surface area contributed by atoms with Gasteiger partial charge in [0.1, 0.15) is 5.82 Å². The molecule has 0 aliphatic rings. The summed E-state index contributed by atoms with van der Waals surface area (Å²) in [5.74, 6) is 6.11. The molecule has 3 aromatic rings. The Morgan fingerprint density at radius 1 is 1.00 bits per heavy atom. The lowest BCUT2D eigenvalue weighted by molar-refractivity contribution is 1.12. The van der Waals surface area contributed by atoms with E-state index in [4.69, 9.17) is 5.84 Å². The number of nitrogen functional groups attached to an aromatic ring is 1. The monoisotopic (exact) mass is 265 g/mol. The average molecular weight is 265 g/mol. The number of aromatic nitrogens is 1. The van der Waals surface area contributed by atoms with Gasteiger partial charge in [0.05, 0.1) is 5.52 Å². The van der Waals surface area contributed by atoms with E-state index in [1.165, 1.54) is 0 Å². The van der Waals surface area contributed by atoms with E-state index in [-0.39, 0.29) is 5.43 Å². The van der Waals surface area contributed by atoms with Crippen LogP contribution in [0.3, 0.4) is 0 Å². The third-order valence-corrected chi connectivity index (χ3v) is 3.38. The molecule has 100 valence electrons. The predicted molar refractivity (Wildman–Crippen MR) is 81.6 cm³/mol. The number of hydrogen-bond donors (Lipinski definition) is 3. The zero-order chi connectivity index (χ0) is 13.9. The molecule has 0 amide bonds. The second-order valence-electron chi connectivity index (χ2n) is 4.66. The molecule has 0 bridgehead atoms. The van der Waals surface area contributed by atoms with Crippen LogP contribution in [-0.4, -0.2) is 4.98 Å².